The van der Waals surface area contributed by atoms with Crippen molar-refractivity contribution in [2.45, 2.75) is 0 Å². The van der Waals surface area contributed by atoms with Crippen molar-refractivity contribution < 1.29 is 0 Å². The number of hydrogen-bond acceptors (Lipinski definition) is 4. The minimum atomic E-state index is 1.00. The summed E-state index contributed by atoms with van der Waals surface area (Å²) in [6, 6.07) is 17.5. The van der Waals surface area contributed by atoms with Crippen LogP contribution in [-0.2, 0) is 7.05 Å². The molecule has 0 spiro atoms. The van der Waals surface area contributed by atoms with Gasteiger partial charge < -0.3 is 10.2 Å². The Balaban J connectivity index is 1.59. The third-order valence-electron chi connectivity index (χ3n) is 5.42. The van der Waals surface area contributed by atoms with E-state index in [2.05, 4.69) is 62.8 Å². The highest BCUT2D eigenvalue weighted by atomic mass is 15.2. The van der Waals surface area contributed by atoms with Crippen molar-refractivity contribution in [3.8, 4) is 22.3 Å². The van der Waals surface area contributed by atoms with E-state index in [9.17, 15) is 0 Å². The van der Waals surface area contributed by atoms with E-state index in [1.807, 2.05) is 36.4 Å². The number of fused-ring (bicyclic) bond motifs is 1. The molecule has 5 heteroatoms. The van der Waals surface area contributed by atoms with Crippen molar-refractivity contribution in [1.82, 2.24) is 20.1 Å². The molecule has 1 fully saturated rings. The molecule has 1 saturated heterocycles. The SMILES string of the molecule is Cn1cc(-c2cc(-c3ccc(N4CCNCC4)cc3)c3cccnc3c2)cn1. The van der Waals surface area contributed by atoms with Crippen molar-refractivity contribution in [3.05, 3.63) is 67.1 Å². The summed E-state index contributed by atoms with van der Waals surface area (Å²) in [4.78, 5) is 7.05. The fraction of sp³-hybridized carbons (Fsp3) is 0.217. The molecular weight excluding hydrogens is 346 g/mol. The Hall–Kier alpha value is -3.18. The number of aromatic nitrogens is 3. The Morgan fingerprint density at radius 2 is 1.75 bits per heavy atom. The standard InChI is InChI=1S/C23H23N5/c1-27-16-19(15-26-27)18-13-22(21-3-2-8-25-23(21)14-18)17-4-6-20(7-5-17)28-11-9-24-10-12-28/h2-8,13-16,24H,9-12H2,1H3. The zero-order chi connectivity index (χ0) is 18.9. The quantitative estimate of drug-likeness (QED) is 0.598. The summed E-state index contributed by atoms with van der Waals surface area (Å²) in [5.74, 6) is 0. The molecule has 28 heavy (non-hydrogen) atoms. The van der Waals surface area contributed by atoms with E-state index in [0.29, 0.717) is 0 Å². The van der Waals surface area contributed by atoms with Crippen molar-refractivity contribution in [1.29, 1.82) is 0 Å². The highest BCUT2D eigenvalue weighted by Crippen LogP contribution is 2.34. The van der Waals surface area contributed by atoms with Crippen LogP contribution in [-0.4, -0.2) is 40.9 Å². The number of benzene rings is 2. The van der Waals surface area contributed by atoms with Gasteiger partial charge in [-0.3, -0.25) is 9.67 Å². The lowest BCUT2D eigenvalue weighted by molar-refractivity contribution is 0.589. The molecule has 0 amide bonds. The van der Waals surface area contributed by atoms with Crippen LogP contribution in [0.25, 0.3) is 33.2 Å². The number of piperazine rings is 1. The molecule has 0 atom stereocenters. The van der Waals surface area contributed by atoms with Gasteiger partial charge in [0.2, 0.25) is 0 Å². The molecule has 0 saturated carbocycles. The molecular formula is C23H23N5. The molecule has 0 radical (unpaired) electrons. The minimum Gasteiger partial charge on any atom is -0.369 e. The summed E-state index contributed by atoms with van der Waals surface area (Å²) < 4.78 is 1.83. The van der Waals surface area contributed by atoms with Gasteiger partial charge in [-0.1, -0.05) is 18.2 Å². The lowest BCUT2D eigenvalue weighted by atomic mass is 9.96. The van der Waals surface area contributed by atoms with Crippen molar-refractivity contribution in [2.75, 3.05) is 31.1 Å². The van der Waals surface area contributed by atoms with Crippen LogP contribution >= 0.6 is 0 Å². The van der Waals surface area contributed by atoms with Crippen molar-refractivity contribution in [3.63, 3.8) is 0 Å². The second-order valence-electron chi connectivity index (χ2n) is 7.28. The molecule has 1 aliphatic rings. The maximum atomic E-state index is 4.61. The van der Waals surface area contributed by atoms with Gasteiger partial charge in [-0.05, 0) is 47.0 Å². The molecule has 5 rings (SSSR count). The summed E-state index contributed by atoms with van der Waals surface area (Å²) in [6.07, 6.45) is 5.80. The topological polar surface area (TPSA) is 46.0 Å². The molecule has 0 aliphatic carbocycles. The van der Waals surface area contributed by atoms with Gasteiger partial charge in [0.05, 0.1) is 11.7 Å². The zero-order valence-corrected chi connectivity index (χ0v) is 16.0. The number of nitrogens with zero attached hydrogens (tertiary/aromatic N) is 4. The maximum absolute atomic E-state index is 4.61. The second-order valence-corrected chi connectivity index (χ2v) is 7.28. The van der Waals surface area contributed by atoms with Crippen LogP contribution in [0.3, 0.4) is 0 Å². The van der Waals surface area contributed by atoms with Crippen LogP contribution < -0.4 is 10.2 Å². The van der Waals surface area contributed by atoms with E-state index in [-0.39, 0.29) is 0 Å². The van der Waals surface area contributed by atoms with E-state index >= 15 is 0 Å². The summed E-state index contributed by atoms with van der Waals surface area (Å²) in [5.41, 5.74) is 6.95. The van der Waals surface area contributed by atoms with Gasteiger partial charge in [0, 0.05) is 62.3 Å². The molecule has 0 bridgehead atoms. The Bertz CT molecular complexity index is 1110. The average Bonchev–Trinajstić information content (AvgIpc) is 3.20. The highest BCUT2D eigenvalue weighted by Gasteiger charge is 2.12. The van der Waals surface area contributed by atoms with E-state index in [1.54, 1.807) is 0 Å². The lowest BCUT2D eigenvalue weighted by Crippen LogP contribution is -2.43. The molecule has 2 aromatic carbocycles. The summed E-state index contributed by atoms with van der Waals surface area (Å²) >= 11 is 0. The van der Waals surface area contributed by atoms with Crippen LogP contribution in [0.4, 0.5) is 5.69 Å². The fourth-order valence-electron chi connectivity index (χ4n) is 3.93. The van der Waals surface area contributed by atoms with Gasteiger partial charge >= 0.3 is 0 Å². The third kappa shape index (κ3) is 3.14. The van der Waals surface area contributed by atoms with Crippen LogP contribution in [0.1, 0.15) is 0 Å². The normalized spacial score (nSPS) is 14.5. The first-order valence-electron chi connectivity index (χ1n) is 9.72. The Morgan fingerprint density at radius 3 is 2.50 bits per heavy atom. The molecule has 140 valence electrons. The number of anilines is 1. The number of rotatable bonds is 3. The third-order valence-corrected chi connectivity index (χ3v) is 5.42. The van der Waals surface area contributed by atoms with E-state index in [4.69, 9.17) is 0 Å². The number of hydrogen-bond donors (Lipinski definition) is 1. The molecule has 1 N–H and O–H groups in total. The van der Waals surface area contributed by atoms with Gasteiger partial charge in [0.25, 0.3) is 0 Å². The smallest absolute Gasteiger partial charge is 0.0714 e. The second kappa shape index (κ2) is 7.09. The van der Waals surface area contributed by atoms with Gasteiger partial charge in [0.1, 0.15) is 0 Å². The Labute approximate surface area is 164 Å². The number of pyridine rings is 1. The molecule has 4 aromatic rings. The highest BCUT2D eigenvalue weighted by molar-refractivity contribution is 5.98. The van der Waals surface area contributed by atoms with E-state index in [1.165, 1.54) is 22.2 Å². The van der Waals surface area contributed by atoms with Gasteiger partial charge in [0.15, 0.2) is 0 Å². The zero-order valence-electron chi connectivity index (χ0n) is 16.0. The Morgan fingerprint density at radius 1 is 0.929 bits per heavy atom. The van der Waals surface area contributed by atoms with Crippen LogP contribution in [0.5, 0.6) is 0 Å². The molecule has 2 aromatic heterocycles. The average molecular weight is 369 g/mol. The number of aryl methyl sites for hydroxylation is 1. The predicted molar refractivity (Wildman–Crippen MR) is 114 cm³/mol. The molecule has 1 aliphatic heterocycles. The van der Waals surface area contributed by atoms with Gasteiger partial charge in [-0.15, -0.1) is 0 Å². The van der Waals surface area contributed by atoms with Crippen LogP contribution in [0.15, 0.2) is 67.1 Å². The summed E-state index contributed by atoms with van der Waals surface area (Å²) in [5, 5.41) is 8.91. The van der Waals surface area contributed by atoms with Crippen LogP contribution in [0, 0.1) is 0 Å². The minimum absolute atomic E-state index is 1.00. The molecule has 3 heterocycles. The molecule has 0 unspecified atom stereocenters. The van der Waals surface area contributed by atoms with Gasteiger partial charge in [-0.25, -0.2) is 0 Å². The first-order chi connectivity index (χ1) is 13.8. The van der Waals surface area contributed by atoms with E-state index in [0.717, 1.165) is 42.8 Å². The molecule has 5 nitrogen and oxygen atoms in total. The maximum Gasteiger partial charge on any atom is 0.0714 e. The van der Waals surface area contributed by atoms with E-state index < -0.39 is 0 Å². The number of nitrogens with one attached hydrogen (secondary N) is 1. The van der Waals surface area contributed by atoms with Crippen LogP contribution in [0.2, 0.25) is 0 Å². The summed E-state index contributed by atoms with van der Waals surface area (Å²) in [7, 11) is 1.94. The lowest BCUT2D eigenvalue weighted by Gasteiger charge is -2.29. The predicted octanol–water partition coefficient (Wildman–Crippen LogP) is 3.71. The van der Waals surface area contributed by atoms with Crippen molar-refractivity contribution in [2.24, 2.45) is 7.05 Å². The first-order valence-corrected chi connectivity index (χ1v) is 9.72. The fourth-order valence-corrected chi connectivity index (χ4v) is 3.93. The first kappa shape index (κ1) is 17.0. The van der Waals surface area contributed by atoms with Gasteiger partial charge in [-0.2, -0.15) is 5.10 Å². The summed E-state index contributed by atoms with van der Waals surface area (Å²) in [6.45, 7) is 4.21. The monoisotopic (exact) mass is 369 g/mol. The Kier molecular flexibility index (Phi) is 4.29. The van der Waals surface area contributed by atoms with Crippen molar-refractivity contribution >= 4 is 16.6 Å². The largest absolute Gasteiger partial charge is 0.369 e.